The van der Waals surface area contributed by atoms with Gasteiger partial charge in [-0.15, -0.1) is 0 Å². The lowest BCUT2D eigenvalue weighted by atomic mass is 9.95. The molecule has 7 nitrogen and oxygen atoms in total. The summed E-state index contributed by atoms with van der Waals surface area (Å²) in [5, 5.41) is 2.85. The molecule has 0 bridgehead atoms. The largest absolute Gasteiger partial charge is 0.452 e. The van der Waals surface area contributed by atoms with Gasteiger partial charge in [0.05, 0.1) is 10.5 Å². The summed E-state index contributed by atoms with van der Waals surface area (Å²) >= 11 is 0. The molecule has 8 heteroatoms. The van der Waals surface area contributed by atoms with Gasteiger partial charge >= 0.3 is 5.97 Å². The van der Waals surface area contributed by atoms with Crippen molar-refractivity contribution in [3.05, 3.63) is 29.8 Å². The molecule has 1 amide bonds. The highest BCUT2D eigenvalue weighted by atomic mass is 32.2. The zero-order valence-corrected chi connectivity index (χ0v) is 14.4. The Bertz CT molecular complexity index is 696. The molecule has 24 heavy (non-hydrogen) atoms. The molecule has 1 fully saturated rings. The van der Waals surface area contributed by atoms with Gasteiger partial charge in [0.2, 0.25) is 10.0 Å². The Labute approximate surface area is 141 Å². The van der Waals surface area contributed by atoms with Crippen LogP contribution in [-0.4, -0.2) is 40.0 Å². The van der Waals surface area contributed by atoms with Crippen molar-refractivity contribution in [1.29, 1.82) is 0 Å². The number of rotatable bonds is 6. The van der Waals surface area contributed by atoms with Gasteiger partial charge in [-0.2, -0.15) is 0 Å². The summed E-state index contributed by atoms with van der Waals surface area (Å²) in [4.78, 5) is 23.8. The van der Waals surface area contributed by atoms with Crippen LogP contribution >= 0.6 is 0 Å². The molecule has 0 saturated heterocycles. The zero-order chi connectivity index (χ0) is 17.6. The Morgan fingerprint density at radius 3 is 2.58 bits per heavy atom. The summed E-state index contributed by atoms with van der Waals surface area (Å²) in [5.74, 6) is -1.07. The number of carbonyl (C=O) groups is 2. The number of hydrogen-bond acceptors (Lipinski definition) is 5. The molecule has 2 rings (SSSR count). The maximum Gasteiger partial charge on any atom is 0.338 e. The quantitative estimate of drug-likeness (QED) is 0.748. The minimum absolute atomic E-state index is 0.0360. The lowest BCUT2D eigenvalue weighted by Crippen LogP contribution is -2.38. The minimum Gasteiger partial charge on any atom is -0.452 e. The Hall–Kier alpha value is -1.93. The molecule has 1 aliphatic rings. The number of hydrogen-bond donors (Lipinski definition) is 2. The van der Waals surface area contributed by atoms with E-state index in [2.05, 4.69) is 10.0 Å². The van der Waals surface area contributed by atoms with Gasteiger partial charge in [0.25, 0.3) is 5.91 Å². The van der Waals surface area contributed by atoms with Crippen LogP contribution in [0.2, 0.25) is 0 Å². The maximum atomic E-state index is 12.0. The number of sulfonamides is 1. The zero-order valence-electron chi connectivity index (χ0n) is 13.6. The van der Waals surface area contributed by atoms with Crippen molar-refractivity contribution in [2.24, 2.45) is 0 Å². The lowest BCUT2D eigenvalue weighted by molar-refractivity contribution is -0.125. The summed E-state index contributed by atoms with van der Waals surface area (Å²) in [6.45, 7) is -0.377. The smallest absolute Gasteiger partial charge is 0.338 e. The summed E-state index contributed by atoms with van der Waals surface area (Å²) in [7, 11) is -2.35. The number of ether oxygens (including phenoxy) is 1. The Morgan fingerprint density at radius 1 is 1.21 bits per heavy atom. The van der Waals surface area contributed by atoms with E-state index in [0.717, 1.165) is 25.7 Å². The fraction of sp³-hybridized carbons (Fsp3) is 0.500. The second-order valence-electron chi connectivity index (χ2n) is 5.71. The molecule has 1 aromatic carbocycles. The van der Waals surface area contributed by atoms with Crippen LogP contribution < -0.4 is 10.0 Å². The van der Waals surface area contributed by atoms with E-state index in [9.17, 15) is 18.0 Å². The first-order valence-electron chi connectivity index (χ1n) is 7.92. The maximum absolute atomic E-state index is 12.0. The van der Waals surface area contributed by atoms with Crippen molar-refractivity contribution in [1.82, 2.24) is 10.0 Å². The molecule has 1 aromatic rings. The van der Waals surface area contributed by atoms with Crippen molar-refractivity contribution in [2.75, 3.05) is 13.7 Å². The normalized spacial score (nSPS) is 15.7. The van der Waals surface area contributed by atoms with Crippen molar-refractivity contribution in [3.63, 3.8) is 0 Å². The van der Waals surface area contributed by atoms with Crippen molar-refractivity contribution in [3.8, 4) is 0 Å². The van der Waals surface area contributed by atoms with Gasteiger partial charge in [-0.3, -0.25) is 4.79 Å². The topological polar surface area (TPSA) is 102 Å². The summed E-state index contributed by atoms with van der Waals surface area (Å²) in [5.41, 5.74) is 0.0804. The molecule has 0 aromatic heterocycles. The number of esters is 1. The molecule has 1 saturated carbocycles. The molecular weight excluding hydrogens is 332 g/mol. The van der Waals surface area contributed by atoms with E-state index in [1.165, 1.54) is 37.7 Å². The fourth-order valence-electron chi connectivity index (χ4n) is 2.64. The van der Waals surface area contributed by atoms with Crippen molar-refractivity contribution in [2.45, 2.75) is 43.0 Å². The van der Waals surface area contributed by atoms with E-state index in [1.807, 2.05) is 0 Å². The average molecular weight is 354 g/mol. The van der Waals surface area contributed by atoms with Gasteiger partial charge in [0, 0.05) is 6.04 Å². The highest BCUT2D eigenvalue weighted by Gasteiger charge is 2.18. The summed E-state index contributed by atoms with van der Waals surface area (Å²) in [6, 6.07) is 5.62. The molecular formula is C16H22N2O5S. The molecule has 0 heterocycles. The van der Waals surface area contributed by atoms with E-state index in [-0.39, 0.29) is 29.0 Å². The molecule has 132 valence electrons. The van der Waals surface area contributed by atoms with Crippen LogP contribution in [0.4, 0.5) is 0 Å². The SMILES string of the molecule is CNS(=O)(=O)c1cccc(C(=O)OCC(=O)NC2CCCCC2)c1. The van der Waals surface area contributed by atoms with E-state index >= 15 is 0 Å². The van der Waals surface area contributed by atoms with Crippen LogP contribution in [0.5, 0.6) is 0 Å². The lowest BCUT2D eigenvalue weighted by Gasteiger charge is -2.22. The second-order valence-corrected chi connectivity index (χ2v) is 7.60. The Balaban J connectivity index is 1.90. The van der Waals surface area contributed by atoms with Crippen LogP contribution in [0.15, 0.2) is 29.2 Å². The average Bonchev–Trinajstić information content (AvgIpc) is 2.60. The first-order valence-corrected chi connectivity index (χ1v) is 9.41. The molecule has 0 spiro atoms. The fourth-order valence-corrected chi connectivity index (χ4v) is 3.41. The van der Waals surface area contributed by atoms with Gasteiger partial charge in [0.15, 0.2) is 6.61 Å². The number of nitrogens with one attached hydrogen (secondary N) is 2. The van der Waals surface area contributed by atoms with Gasteiger partial charge in [-0.1, -0.05) is 25.3 Å². The second kappa shape index (κ2) is 8.25. The van der Waals surface area contributed by atoms with Crippen LogP contribution in [0.1, 0.15) is 42.5 Å². The monoisotopic (exact) mass is 354 g/mol. The molecule has 0 unspecified atom stereocenters. The van der Waals surface area contributed by atoms with Crippen LogP contribution in [0, 0.1) is 0 Å². The molecule has 0 aliphatic heterocycles. The van der Waals surface area contributed by atoms with E-state index in [1.54, 1.807) is 0 Å². The van der Waals surface area contributed by atoms with Gasteiger partial charge in [-0.25, -0.2) is 17.9 Å². The van der Waals surface area contributed by atoms with E-state index in [4.69, 9.17) is 4.74 Å². The Morgan fingerprint density at radius 2 is 1.92 bits per heavy atom. The predicted octanol–water partition coefficient (Wildman–Crippen LogP) is 1.20. The number of carbonyl (C=O) groups excluding carboxylic acids is 2. The number of amides is 1. The summed E-state index contributed by atoms with van der Waals surface area (Å²) < 4.78 is 30.6. The third kappa shape index (κ3) is 5.04. The third-order valence-electron chi connectivity index (χ3n) is 3.95. The van der Waals surface area contributed by atoms with Gasteiger partial charge in [0.1, 0.15) is 0 Å². The first-order chi connectivity index (χ1) is 11.4. The van der Waals surface area contributed by atoms with Gasteiger partial charge in [-0.05, 0) is 38.1 Å². The highest BCUT2D eigenvalue weighted by Crippen LogP contribution is 2.17. The highest BCUT2D eigenvalue weighted by molar-refractivity contribution is 7.89. The molecule has 0 radical (unpaired) electrons. The first kappa shape index (κ1) is 18.4. The third-order valence-corrected chi connectivity index (χ3v) is 5.37. The van der Waals surface area contributed by atoms with Crippen LogP contribution in [-0.2, 0) is 19.6 Å². The van der Waals surface area contributed by atoms with Crippen molar-refractivity contribution >= 4 is 21.9 Å². The standard InChI is InChI=1S/C16H22N2O5S/c1-17-24(21,22)14-9-5-6-12(10-14)16(20)23-11-15(19)18-13-7-3-2-4-8-13/h5-6,9-10,13,17H,2-4,7-8,11H2,1H3,(H,18,19). The van der Waals surface area contributed by atoms with Crippen LogP contribution in [0.3, 0.4) is 0 Å². The molecule has 1 aliphatic carbocycles. The minimum atomic E-state index is -3.64. The van der Waals surface area contributed by atoms with Crippen molar-refractivity contribution < 1.29 is 22.7 Å². The van der Waals surface area contributed by atoms with E-state index < -0.39 is 16.0 Å². The van der Waals surface area contributed by atoms with Gasteiger partial charge < -0.3 is 10.1 Å². The number of benzene rings is 1. The Kier molecular flexibility index (Phi) is 6.33. The molecule has 2 N–H and O–H groups in total. The predicted molar refractivity (Wildman–Crippen MR) is 88.0 cm³/mol. The van der Waals surface area contributed by atoms with Crippen LogP contribution in [0.25, 0.3) is 0 Å². The summed E-state index contributed by atoms with van der Waals surface area (Å²) in [6.07, 6.45) is 5.27. The molecule has 0 atom stereocenters. The van der Waals surface area contributed by atoms with E-state index in [0.29, 0.717) is 0 Å².